The number of aromatic nitrogens is 5. The Labute approximate surface area is 207 Å². The number of hydrogen-bond acceptors (Lipinski definition) is 7. The first-order valence-corrected chi connectivity index (χ1v) is 11.1. The molecule has 190 valence electrons. The molecule has 4 aromatic rings. The molecule has 4 heterocycles. The number of pyridine rings is 1. The third-order valence-corrected chi connectivity index (χ3v) is 6.14. The van der Waals surface area contributed by atoms with E-state index in [2.05, 4.69) is 15.1 Å². The number of ether oxygens (including phenoxy) is 1. The maximum absolute atomic E-state index is 15.1. The second-order valence-corrected chi connectivity index (χ2v) is 8.58. The van der Waals surface area contributed by atoms with Gasteiger partial charge in [-0.2, -0.15) is 23.5 Å². The van der Waals surface area contributed by atoms with Gasteiger partial charge in [-0.25, -0.2) is 14.4 Å². The third-order valence-electron chi connectivity index (χ3n) is 6.14. The highest BCUT2D eigenvalue weighted by Crippen LogP contribution is 2.34. The van der Waals surface area contributed by atoms with Crippen LogP contribution >= 0.6 is 0 Å². The van der Waals surface area contributed by atoms with Gasteiger partial charge in [0.15, 0.2) is 0 Å². The first-order valence-electron chi connectivity index (χ1n) is 11.1. The van der Waals surface area contributed by atoms with Crippen LogP contribution in [0.1, 0.15) is 23.1 Å². The van der Waals surface area contributed by atoms with E-state index < -0.39 is 23.4 Å². The van der Waals surface area contributed by atoms with Gasteiger partial charge < -0.3 is 9.64 Å². The zero-order valence-electron chi connectivity index (χ0n) is 19.6. The fourth-order valence-corrected chi connectivity index (χ4v) is 4.30. The Bertz CT molecular complexity index is 1620. The van der Waals surface area contributed by atoms with E-state index in [1.54, 1.807) is 24.1 Å². The predicted octanol–water partition coefficient (Wildman–Crippen LogP) is 3.34. The van der Waals surface area contributed by atoms with Crippen molar-refractivity contribution in [2.75, 3.05) is 24.6 Å². The largest absolute Gasteiger partial charge is 0.449 e. The van der Waals surface area contributed by atoms with E-state index in [0.717, 1.165) is 18.7 Å². The number of nitriles is 1. The topological polar surface area (TPSA) is 102 Å². The summed E-state index contributed by atoms with van der Waals surface area (Å²) in [5, 5.41) is 13.1. The van der Waals surface area contributed by atoms with Crippen molar-refractivity contribution < 1.29 is 22.3 Å². The molecule has 1 aliphatic heterocycles. The molecule has 0 bridgehead atoms. The molecule has 0 radical (unpaired) electrons. The average molecular weight is 513 g/mol. The van der Waals surface area contributed by atoms with Gasteiger partial charge in [-0.05, 0) is 24.3 Å². The van der Waals surface area contributed by atoms with Crippen LogP contribution in [-0.4, -0.2) is 44.0 Å². The fourth-order valence-electron chi connectivity index (χ4n) is 4.30. The number of alkyl halides is 3. The van der Waals surface area contributed by atoms with Gasteiger partial charge in [0, 0.05) is 44.5 Å². The Morgan fingerprint density at radius 1 is 1.19 bits per heavy atom. The molecule has 37 heavy (non-hydrogen) atoms. The molecule has 1 saturated heterocycles. The standard InChI is InChI=1S/C24H19F4N7O2/c1-33-11-14(10-30-33)18-12-35(5-6-37-18)19-8-16-21(32-23(24(26,27)28)34(2)22(16)36)20(31-19)15-4-3-13(9-29)7-17(15)25/h3-4,7-8,10-11,18H,5-6,12H2,1-2H3. The highest BCUT2D eigenvalue weighted by molar-refractivity contribution is 5.93. The van der Waals surface area contributed by atoms with Gasteiger partial charge in [-0.1, -0.05) is 0 Å². The van der Waals surface area contributed by atoms with Crippen molar-refractivity contribution >= 4 is 16.7 Å². The quantitative estimate of drug-likeness (QED) is 0.387. The minimum Gasteiger partial charge on any atom is -0.370 e. The second-order valence-electron chi connectivity index (χ2n) is 8.58. The Morgan fingerprint density at radius 3 is 2.62 bits per heavy atom. The number of morpholine rings is 1. The molecule has 1 unspecified atom stereocenters. The summed E-state index contributed by atoms with van der Waals surface area (Å²) in [7, 11) is 2.75. The molecule has 1 fully saturated rings. The van der Waals surface area contributed by atoms with Gasteiger partial charge in [-0.15, -0.1) is 0 Å². The van der Waals surface area contributed by atoms with Crippen LogP contribution in [0.2, 0.25) is 0 Å². The molecule has 0 spiro atoms. The summed E-state index contributed by atoms with van der Waals surface area (Å²) in [5.41, 5.74) is -0.917. The molecule has 13 heteroatoms. The number of hydrogen-bond donors (Lipinski definition) is 0. The van der Waals surface area contributed by atoms with E-state index in [4.69, 9.17) is 10.00 Å². The van der Waals surface area contributed by atoms with Gasteiger partial charge in [0.1, 0.15) is 28.9 Å². The minimum atomic E-state index is -4.93. The monoisotopic (exact) mass is 513 g/mol. The van der Waals surface area contributed by atoms with Crippen molar-refractivity contribution in [3.8, 4) is 17.3 Å². The van der Waals surface area contributed by atoms with Gasteiger partial charge in [0.25, 0.3) is 5.56 Å². The molecular formula is C24H19F4N7O2. The van der Waals surface area contributed by atoms with E-state index in [0.29, 0.717) is 24.3 Å². The molecule has 1 aromatic carbocycles. The van der Waals surface area contributed by atoms with Crippen molar-refractivity contribution in [2.24, 2.45) is 14.1 Å². The SMILES string of the molecule is Cn1cc(C2CN(c3cc4c(=O)n(C)c(C(F)(F)F)nc4c(-c4ccc(C#N)cc4F)n3)CCO2)cn1. The van der Waals surface area contributed by atoms with Crippen LogP contribution in [0.3, 0.4) is 0 Å². The summed E-state index contributed by atoms with van der Waals surface area (Å²) in [6, 6.07) is 6.68. The summed E-state index contributed by atoms with van der Waals surface area (Å²) in [5.74, 6) is -2.06. The Morgan fingerprint density at radius 2 is 1.97 bits per heavy atom. The van der Waals surface area contributed by atoms with Crippen LogP contribution in [0.5, 0.6) is 0 Å². The minimum absolute atomic E-state index is 0.0223. The molecule has 9 nitrogen and oxygen atoms in total. The van der Waals surface area contributed by atoms with Gasteiger partial charge in [0.05, 0.1) is 29.8 Å². The van der Waals surface area contributed by atoms with Crippen LogP contribution in [0.25, 0.3) is 22.2 Å². The van der Waals surface area contributed by atoms with Crippen LogP contribution in [0.4, 0.5) is 23.4 Å². The van der Waals surface area contributed by atoms with Crippen LogP contribution < -0.4 is 10.5 Å². The number of aryl methyl sites for hydroxylation is 1. The summed E-state index contributed by atoms with van der Waals surface area (Å²) in [6.07, 6.45) is -1.83. The van der Waals surface area contributed by atoms with Gasteiger partial charge >= 0.3 is 6.18 Å². The lowest BCUT2D eigenvalue weighted by Crippen LogP contribution is -2.39. The molecule has 0 saturated carbocycles. The Kier molecular flexibility index (Phi) is 5.91. The average Bonchev–Trinajstić information content (AvgIpc) is 3.31. The number of fused-ring (bicyclic) bond motifs is 1. The Balaban J connectivity index is 1.72. The number of anilines is 1. The number of nitrogens with zero attached hydrogens (tertiary/aromatic N) is 7. The van der Waals surface area contributed by atoms with Crippen LogP contribution in [-0.2, 0) is 25.0 Å². The molecular weight excluding hydrogens is 494 g/mol. The molecule has 0 amide bonds. The van der Waals surface area contributed by atoms with Crippen molar-refractivity contribution in [1.29, 1.82) is 5.26 Å². The number of rotatable bonds is 3. The molecule has 3 aromatic heterocycles. The summed E-state index contributed by atoms with van der Waals surface area (Å²) in [4.78, 5) is 23.1. The Hall–Kier alpha value is -4.31. The lowest BCUT2D eigenvalue weighted by atomic mass is 10.0. The van der Waals surface area contributed by atoms with E-state index in [9.17, 15) is 18.0 Å². The highest BCUT2D eigenvalue weighted by Gasteiger charge is 2.37. The predicted molar refractivity (Wildman–Crippen MR) is 124 cm³/mol. The first kappa shape index (κ1) is 24.4. The zero-order chi connectivity index (χ0) is 26.5. The van der Waals surface area contributed by atoms with E-state index in [1.807, 2.05) is 11.0 Å². The van der Waals surface area contributed by atoms with Crippen molar-refractivity contribution in [2.45, 2.75) is 12.3 Å². The lowest BCUT2D eigenvalue weighted by Gasteiger charge is -2.33. The highest BCUT2D eigenvalue weighted by atomic mass is 19.4. The van der Waals surface area contributed by atoms with Gasteiger partial charge in [0.2, 0.25) is 5.82 Å². The van der Waals surface area contributed by atoms with Gasteiger partial charge in [-0.3, -0.25) is 14.0 Å². The van der Waals surface area contributed by atoms with Crippen molar-refractivity contribution in [3.63, 3.8) is 0 Å². The maximum atomic E-state index is 15.1. The first-order chi connectivity index (χ1) is 17.6. The second kappa shape index (κ2) is 8.97. The molecule has 1 aliphatic rings. The summed E-state index contributed by atoms with van der Waals surface area (Å²) >= 11 is 0. The molecule has 0 aliphatic carbocycles. The summed E-state index contributed by atoms with van der Waals surface area (Å²) < 4.78 is 64.0. The normalized spacial score (nSPS) is 16.2. The lowest BCUT2D eigenvalue weighted by molar-refractivity contribution is -0.147. The van der Waals surface area contributed by atoms with Crippen LogP contribution in [0.15, 0.2) is 41.5 Å². The fraction of sp³-hybridized carbons (Fsp3) is 0.292. The zero-order valence-corrected chi connectivity index (χ0v) is 19.6. The van der Waals surface area contributed by atoms with E-state index in [1.165, 1.54) is 18.2 Å². The maximum Gasteiger partial charge on any atom is 0.449 e. The number of benzene rings is 1. The van der Waals surface area contributed by atoms with E-state index >= 15 is 4.39 Å². The molecule has 1 atom stereocenters. The molecule has 0 N–H and O–H groups in total. The third kappa shape index (κ3) is 4.40. The smallest absolute Gasteiger partial charge is 0.370 e. The molecule has 5 rings (SSSR count). The van der Waals surface area contributed by atoms with Crippen molar-refractivity contribution in [3.05, 3.63) is 69.8 Å². The van der Waals surface area contributed by atoms with E-state index in [-0.39, 0.29) is 39.6 Å². The van der Waals surface area contributed by atoms with Crippen LogP contribution in [0, 0.1) is 17.1 Å². The summed E-state index contributed by atoms with van der Waals surface area (Å²) in [6.45, 7) is 0.996. The number of halogens is 4. The van der Waals surface area contributed by atoms with Crippen molar-refractivity contribution in [1.82, 2.24) is 24.3 Å².